The quantitative estimate of drug-likeness (QED) is 0.886. The number of hydrogen-bond acceptors (Lipinski definition) is 3. The first-order chi connectivity index (χ1) is 11.3. The van der Waals surface area contributed by atoms with Gasteiger partial charge in [0.05, 0.1) is 11.9 Å². The van der Waals surface area contributed by atoms with Gasteiger partial charge >= 0.3 is 0 Å². The van der Waals surface area contributed by atoms with Crippen molar-refractivity contribution in [2.45, 2.75) is 45.6 Å². The maximum absolute atomic E-state index is 12.5. The zero-order valence-corrected chi connectivity index (χ0v) is 15.4. The molecule has 1 amide bonds. The van der Waals surface area contributed by atoms with E-state index in [1.165, 1.54) is 23.6 Å². The van der Waals surface area contributed by atoms with Crippen LogP contribution >= 0.6 is 0 Å². The Hall–Kier alpha value is -1.56. The number of amides is 1. The molecule has 5 nitrogen and oxygen atoms in total. The van der Waals surface area contributed by atoms with Gasteiger partial charge in [-0.1, -0.05) is 18.6 Å². The molecule has 3 rings (SSSR count). The lowest BCUT2D eigenvalue weighted by atomic mass is 9.95. The van der Waals surface area contributed by atoms with E-state index in [0.29, 0.717) is 11.6 Å². The van der Waals surface area contributed by atoms with Crippen molar-refractivity contribution in [3.63, 3.8) is 0 Å². The summed E-state index contributed by atoms with van der Waals surface area (Å²) in [6, 6.07) is 5.74. The number of nitrogens with one attached hydrogen (secondary N) is 1. The molecule has 0 radical (unpaired) electrons. The highest BCUT2D eigenvalue weighted by molar-refractivity contribution is 7.92. The Morgan fingerprint density at radius 3 is 2.58 bits per heavy atom. The first kappa shape index (κ1) is 17.3. The van der Waals surface area contributed by atoms with E-state index < -0.39 is 10.0 Å². The lowest BCUT2D eigenvalue weighted by Crippen LogP contribution is -2.45. The number of anilines is 1. The Bertz CT molecular complexity index is 745. The van der Waals surface area contributed by atoms with Gasteiger partial charge < -0.3 is 5.32 Å². The van der Waals surface area contributed by atoms with Gasteiger partial charge in [-0.15, -0.1) is 0 Å². The Morgan fingerprint density at radius 1 is 1.25 bits per heavy atom. The van der Waals surface area contributed by atoms with Crippen LogP contribution in [-0.2, 0) is 14.8 Å². The predicted molar refractivity (Wildman–Crippen MR) is 95.5 cm³/mol. The van der Waals surface area contributed by atoms with Crippen LogP contribution in [0.1, 0.15) is 36.8 Å². The second-order valence-electron chi connectivity index (χ2n) is 7.34. The van der Waals surface area contributed by atoms with Gasteiger partial charge in [0, 0.05) is 6.04 Å². The van der Waals surface area contributed by atoms with Gasteiger partial charge in [-0.3, -0.25) is 9.10 Å². The van der Waals surface area contributed by atoms with Crippen LogP contribution < -0.4 is 9.62 Å². The van der Waals surface area contributed by atoms with Gasteiger partial charge in [0.1, 0.15) is 6.54 Å². The van der Waals surface area contributed by atoms with Gasteiger partial charge in [0.25, 0.3) is 0 Å². The highest BCUT2D eigenvalue weighted by Crippen LogP contribution is 2.44. The highest BCUT2D eigenvalue weighted by Gasteiger charge is 2.40. The molecule has 24 heavy (non-hydrogen) atoms. The Balaban J connectivity index is 1.75. The standard InChI is InChI=1S/C18H26N2O3S/c1-12-5-4-6-17(13(12)2)20(24(3,22)23)11-18(21)19-16-10-14-7-8-15(16)9-14/h4-6,14-16H,7-11H2,1-3H3,(H,19,21)/t14-,15-,16-/m1/s1. The third-order valence-electron chi connectivity index (χ3n) is 5.62. The average molecular weight is 350 g/mol. The van der Waals surface area contributed by atoms with E-state index in [4.69, 9.17) is 0 Å². The molecular weight excluding hydrogens is 324 g/mol. The van der Waals surface area contributed by atoms with E-state index in [1.54, 1.807) is 6.07 Å². The summed E-state index contributed by atoms with van der Waals surface area (Å²) in [5.74, 6) is 1.11. The molecule has 2 aliphatic carbocycles. The van der Waals surface area contributed by atoms with Crippen LogP contribution in [0.5, 0.6) is 0 Å². The molecule has 6 heteroatoms. The van der Waals surface area contributed by atoms with E-state index in [0.717, 1.165) is 29.7 Å². The minimum absolute atomic E-state index is 0.156. The maximum Gasteiger partial charge on any atom is 0.241 e. The lowest BCUT2D eigenvalue weighted by Gasteiger charge is -2.27. The van der Waals surface area contributed by atoms with Crippen LogP contribution in [0.3, 0.4) is 0 Å². The summed E-state index contributed by atoms with van der Waals surface area (Å²) in [4.78, 5) is 12.5. The third-order valence-corrected chi connectivity index (χ3v) is 6.74. The second kappa shape index (κ2) is 6.39. The zero-order valence-electron chi connectivity index (χ0n) is 14.6. The summed E-state index contributed by atoms with van der Waals surface area (Å²) in [5, 5.41) is 3.07. The van der Waals surface area contributed by atoms with Crippen molar-refractivity contribution in [2.24, 2.45) is 11.8 Å². The number of carbonyl (C=O) groups is 1. The zero-order chi connectivity index (χ0) is 17.5. The maximum atomic E-state index is 12.5. The monoisotopic (exact) mass is 350 g/mol. The molecule has 1 aromatic rings. The fraction of sp³-hybridized carbons (Fsp3) is 0.611. The van der Waals surface area contributed by atoms with E-state index in [2.05, 4.69) is 5.32 Å². The number of fused-ring (bicyclic) bond motifs is 2. The summed E-state index contributed by atoms with van der Waals surface area (Å²) in [7, 11) is -3.52. The number of nitrogens with zero attached hydrogens (tertiary/aromatic N) is 1. The molecule has 0 unspecified atom stereocenters. The van der Waals surface area contributed by atoms with Gasteiger partial charge in [0.2, 0.25) is 15.9 Å². The van der Waals surface area contributed by atoms with Gasteiger partial charge in [0.15, 0.2) is 0 Å². The summed E-state index contributed by atoms with van der Waals surface area (Å²) in [5.41, 5.74) is 2.48. The van der Waals surface area contributed by atoms with Crippen LogP contribution in [0.15, 0.2) is 18.2 Å². The van der Waals surface area contributed by atoms with Crippen molar-refractivity contribution in [3.8, 4) is 0 Å². The summed E-state index contributed by atoms with van der Waals surface area (Å²) < 4.78 is 25.7. The first-order valence-corrected chi connectivity index (χ1v) is 10.4. The third kappa shape index (κ3) is 3.43. The number of carbonyl (C=O) groups excluding carboxylic acids is 1. The molecule has 2 saturated carbocycles. The molecule has 0 heterocycles. The van der Waals surface area contributed by atoms with Crippen molar-refractivity contribution >= 4 is 21.6 Å². The molecule has 2 aliphatic rings. The molecule has 0 saturated heterocycles. The van der Waals surface area contributed by atoms with Crippen molar-refractivity contribution in [3.05, 3.63) is 29.3 Å². The second-order valence-corrected chi connectivity index (χ2v) is 9.24. The van der Waals surface area contributed by atoms with Crippen LogP contribution in [0.25, 0.3) is 0 Å². The van der Waals surface area contributed by atoms with Gasteiger partial charge in [-0.2, -0.15) is 0 Å². The number of rotatable bonds is 5. The van der Waals surface area contributed by atoms with Crippen LogP contribution in [0.4, 0.5) is 5.69 Å². The van der Waals surface area contributed by atoms with Crippen LogP contribution in [0.2, 0.25) is 0 Å². The van der Waals surface area contributed by atoms with Crippen molar-refractivity contribution in [1.29, 1.82) is 0 Å². The predicted octanol–water partition coefficient (Wildman–Crippen LogP) is 2.37. The number of aryl methyl sites for hydroxylation is 1. The van der Waals surface area contributed by atoms with E-state index in [-0.39, 0.29) is 18.5 Å². The fourth-order valence-corrected chi connectivity index (χ4v) is 5.10. The molecule has 3 atom stereocenters. The molecule has 0 spiro atoms. The van der Waals surface area contributed by atoms with Crippen molar-refractivity contribution in [2.75, 3.05) is 17.1 Å². The molecule has 2 fully saturated rings. The average Bonchev–Trinajstić information content (AvgIpc) is 3.09. The van der Waals surface area contributed by atoms with Crippen molar-refractivity contribution in [1.82, 2.24) is 5.32 Å². The molecule has 0 aromatic heterocycles. The summed E-state index contributed by atoms with van der Waals surface area (Å²) >= 11 is 0. The summed E-state index contributed by atoms with van der Waals surface area (Å²) in [6.07, 6.45) is 5.85. The minimum Gasteiger partial charge on any atom is -0.352 e. The topological polar surface area (TPSA) is 66.5 Å². The Labute approximate surface area is 144 Å². The van der Waals surface area contributed by atoms with Crippen LogP contribution in [0, 0.1) is 25.7 Å². The number of benzene rings is 1. The number of sulfonamides is 1. The SMILES string of the molecule is Cc1cccc(N(CC(=O)N[C@@H]2C[C@@H]3CC[C@@H]2C3)S(C)(=O)=O)c1C. The van der Waals surface area contributed by atoms with Crippen molar-refractivity contribution < 1.29 is 13.2 Å². The lowest BCUT2D eigenvalue weighted by molar-refractivity contribution is -0.120. The van der Waals surface area contributed by atoms with E-state index in [1.807, 2.05) is 26.0 Å². The molecule has 1 aromatic carbocycles. The molecular formula is C18H26N2O3S. The van der Waals surface area contributed by atoms with E-state index in [9.17, 15) is 13.2 Å². The smallest absolute Gasteiger partial charge is 0.241 e. The van der Waals surface area contributed by atoms with Gasteiger partial charge in [-0.05, 0) is 62.1 Å². The molecule has 0 aliphatic heterocycles. The fourth-order valence-electron chi connectivity index (χ4n) is 4.19. The van der Waals surface area contributed by atoms with E-state index >= 15 is 0 Å². The molecule has 1 N–H and O–H groups in total. The Morgan fingerprint density at radius 2 is 2.00 bits per heavy atom. The van der Waals surface area contributed by atoms with Crippen LogP contribution in [-0.4, -0.2) is 33.2 Å². The van der Waals surface area contributed by atoms with Gasteiger partial charge in [-0.25, -0.2) is 8.42 Å². The molecule has 2 bridgehead atoms. The minimum atomic E-state index is -3.52. The first-order valence-electron chi connectivity index (χ1n) is 8.59. The largest absolute Gasteiger partial charge is 0.352 e. The highest BCUT2D eigenvalue weighted by atomic mass is 32.2. The normalized spacial score (nSPS) is 25.7. The Kier molecular flexibility index (Phi) is 4.60. The summed E-state index contributed by atoms with van der Waals surface area (Å²) in [6.45, 7) is 3.67. The molecule has 132 valence electrons. The number of hydrogen-bond donors (Lipinski definition) is 1.